The Bertz CT molecular complexity index is 1260. The van der Waals surface area contributed by atoms with Gasteiger partial charge < -0.3 is 10.1 Å². The average molecular weight is 483 g/mol. The predicted molar refractivity (Wildman–Crippen MR) is 122 cm³/mol. The van der Waals surface area contributed by atoms with Crippen LogP contribution < -0.4 is 10.1 Å². The fourth-order valence-corrected chi connectivity index (χ4v) is 5.12. The second-order valence-corrected chi connectivity index (χ2v) is 9.10. The van der Waals surface area contributed by atoms with Crippen LogP contribution in [0.1, 0.15) is 36.1 Å². The van der Waals surface area contributed by atoms with Gasteiger partial charge in [0.1, 0.15) is 11.6 Å². The highest BCUT2D eigenvalue weighted by Gasteiger charge is 2.33. The minimum Gasteiger partial charge on any atom is -0.494 e. The number of fused-ring (bicyclic) bond motifs is 2. The molecule has 152 valence electrons. The fraction of sp³-hybridized carbons (Fsp3) is 0.227. The van der Waals surface area contributed by atoms with E-state index in [1.807, 2.05) is 44.2 Å². The summed E-state index contributed by atoms with van der Waals surface area (Å²) in [5, 5.41) is 8.50. The van der Waals surface area contributed by atoms with Gasteiger partial charge in [0, 0.05) is 22.4 Å². The van der Waals surface area contributed by atoms with E-state index < -0.39 is 0 Å². The molecule has 1 N–H and O–H groups in total. The molecule has 1 amide bonds. The van der Waals surface area contributed by atoms with Gasteiger partial charge in [0.2, 0.25) is 11.0 Å². The topological polar surface area (TPSA) is 69.0 Å². The summed E-state index contributed by atoms with van der Waals surface area (Å²) < 4.78 is 9.40. The Hall–Kier alpha value is -2.71. The number of ether oxygens (including phenoxy) is 1. The molecule has 0 bridgehead atoms. The third-order valence-corrected chi connectivity index (χ3v) is 6.74. The van der Waals surface area contributed by atoms with Crippen LogP contribution in [0.15, 0.2) is 46.9 Å². The molecule has 1 atom stereocenters. The van der Waals surface area contributed by atoms with Crippen LogP contribution in [0.5, 0.6) is 5.75 Å². The third-order valence-electron chi connectivity index (χ3n) is 5.22. The van der Waals surface area contributed by atoms with Crippen LogP contribution in [0.25, 0.3) is 15.3 Å². The Labute approximate surface area is 186 Å². The van der Waals surface area contributed by atoms with Crippen molar-refractivity contribution in [1.29, 1.82) is 0 Å². The first-order chi connectivity index (χ1) is 14.5. The van der Waals surface area contributed by atoms with Crippen molar-refractivity contribution in [3.63, 3.8) is 0 Å². The highest BCUT2D eigenvalue weighted by atomic mass is 79.9. The van der Waals surface area contributed by atoms with Crippen LogP contribution in [0.4, 0.5) is 5.82 Å². The van der Waals surface area contributed by atoms with Crippen molar-refractivity contribution in [2.24, 2.45) is 0 Å². The maximum absolute atomic E-state index is 12.6. The molecule has 5 rings (SSSR count). The minimum absolute atomic E-state index is 0.0173. The van der Waals surface area contributed by atoms with E-state index in [2.05, 4.69) is 33.4 Å². The van der Waals surface area contributed by atoms with E-state index >= 15 is 0 Å². The molecule has 2 aromatic carbocycles. The molecule has 0 spiro atoms. The number of aromatic nitrogens is 3. The second-order valence-electron chi connectivity index (χ2n) is 7.17. The summed E-state index contributed by atoms with van der Waals surface area (Å²) in [6.45, 7) is 4.57. The number of benzene rings is 2. The molecular formula is C22H19BrN4O2S. The zero-order valence-electron chi connectivity index (χ0n) is 16.5. The van der Waals surface area contributed by atoms with Crippen molar-refractivity contribution in [2.75, 3.05) is 11.9 Å². The first kappa shape index (κ1) is 19.3. The molecule has 0 radical (unpaired) electrons. The number of aryl methyl sites for hydroxylation is 1. The molecule has 8 heteroatoms. The first-order valence-electron chi connectivity index (χ1n) is 9.72. The van der Waals surface area contributed by atoms with Crippen molar-refractivity contribution in [3.8, 4) is 10.9 Å². The molecule has 0 aliphatic carbocycles. The molecule has 4 aromatic rings. The first-order valence-corrected chi connectivity index (χ1v) is 11.3. The summed E-state index contributed by atoms with van der Waals surface area (Å²) in [5.41, 5.74) is 3.92. The number of rotatable bonds is 4. The second kappa shape index (κ2) is 7.52. The van der Waals surface area contributed by atoms with Crippen LogP contribution in [0.3, 0.4) is 0 Å². The van der Waals surface area contributed by atoms with E-state index in [0.29, 0.717) is 18.8 Å². The van der Waals surface area contributed by atoms with Gasteiger partial charge in [-0.1, -0.05) is 39.4 Å². The predicted octanol–water partition coefficient (Wildman–Crippen LogP) is 5.43. The number of carbonyl (C=O) groups is 1. The number of nitrogens with one attached hydrogen (secondary N) is 1. The van der Waals surface area contributed by atoms with Gasteiger partial charge in [-0.15, -0.1) is 0 Å². The smallest absolute Gasteiger partial charge is 0.226 e. The Balaban J connectivity index is 1.61. The summed E-state index contributed by atoms with van der Waals surface area (Å²) >= 11 is 5.01. The monoisotopic (exact) mass is 482 g/mol. The summed E-state index contributed by atoms with van der Waals surface area (Å²) in [4.78, 5) is 17.3. The maximum Gasteiger partial charge on any atom is 0.226 e. The Morgan fingerprint density at radius 2 is 2.07 bits per heavy atom. The van der Waals surface area contributed by atoms with Crippen molar-refractivity contribution >= 4 is 49.2 Å². The van der Waals surface area contributed by atoms with Crippen molar-refractivity contribution in [3.05, 3.63) is 63.8 Å². The molecule has 1 aliphatic rings. The third kappa shape index (κ3) is 3.30. The zero-order chi connectivity index (χ0) is 20.8. The van der Waals surface area contributed by atoms with E-state index in [9.17, 15) is 4.79 Å². The molecule has 1 unspecified atom stereocenters. The van der Waals surface area contributed by atoms with Crippen molar-refractivity contribution in [2.45, 2.75) is 26.2 Å². The Morgan fingerprint density at radius 3 is 2.83 bits per heavy atom. The van der Waals surface area contributed by atoms with Gasteiger partial charge in [0.25, 0.3) is 0 Å². The summed E-state index contributed by atoms with van der Waals surface area (Å²) in [6, 6.07) is 14.0. The van der Waals surface area contributed by atoms with Crippen LogP contribution >= 0.6 is 27.3 Å². The molecule has 2 aromatic heterocycles. The molecular weight excluding hydrogens is 464 g/mol. The summed E-state index contributed by atoms with van der Waals surface area (Å²) in [7, 11) is 0. The van der Waals surface area contributed by atoms with E-state index in [1.165, 1.54) is 11.3 Å². The number of carbonyl (C=O) groups excluding carboxylic acids is 1. The van der Waals surface area contributed by atoms with Crippen LogP contribution in [0.2, 0.25) is 0 Å². The molecule has 6 nitrogen and oxygen atoms in total. The average Bonchev–Trinajstić information content (AvgIpc) is 3.29. The quantitative estimate of drug-likeness (QED) is 0.421. The largest absolute Gasteiger partial charge is 0.494 e. The number of amides is 1. The summed E-state index contributed by atoms with van der Waals surface area (Å²) in [5.74, 6) is 1.48. The highest BCUT2D eigenvalue weighted by Crippen LogP contribution is 2.41. The van der Waals surface area contributed by atoms with E-state index in [0.717, 1.165) is 42.4 Å². The SMILES string of the molecule is CCOc1ccc2nc(-n3nc(C)c4c3NC(=O)CC4c3ccc(Br)cc3)sc2c1. The number of nitrogens with zero attached hydrogens (tertiary/aromatic N) is 3. The maximum atomic E-state index is 12.6. The highest BCUT2D eigenvalue weighted by molar-refractivity contribution is 9.10. The molecule has 1 aliphatic heterocycles. The van der Waals surface area contributed by atoms with Gasteiger partial charge in [0.15, 0.2) is 0 Å². The van der Waals surface area contributed by atoms with Gasteiger partial charge >= 0.3 is 0 Å². The van der Waals surface area contributed by atoms with E-state index in [1.54, 1.807) is 4.68 Å². The molecule has 30 heavy (non-hydrogen) atoms. The van der Waals surface area contributed by atoms with Gasteiger partial charge in [-0.2, -0.15) is 9.78 Å². The van der Waals surface area contributed by atoms with E-state index in [4.69, 9.17) is 14.8 Å². The van der Waals surface area contributed by atoms with Crippen LogP contribution in [-0.4, -0.2) is 27.3 Å². The summed E-state index contributed by atoms with van der Waals surface area (Å²) in [6.07, 6.45) is 0.402. The van der Waals surface area contributed by atoms with Crippen molar-refractivity contribution in [1.82, 2.24) is 14.8 Å². The van der Waals surface area contributed by atoms with Crippen LogP contribution in [0, 0.1) is 6.92 Å². The lowest BCUT2D eigenvalue weighted by Gasteiger charge is -2.24. The number of halogens is 1. The Kier molecular flexibility index (Phi) is 4.83. The molecule has 0 fully saturated rings. The lowest BCUT2D eigenvalue weighted by Crippen LogP contribution is -2.24. The number of hydrogen-bond acceptors (Lipinski definition) is 5. The van der Waals surface area contributed by atoms with Gasteiger partial charge in [-0.3, -0.25) is 4.79 Å². The van der Waals surface area contributed by atoms with Crippen LogP contribution in [-0.2, 0) is 4.79 Å². The molecule has 0 saturated heterocycles. The number of hydrogen-bond donors (Lipinski definition) is 1. The standard InChI is InChI=1S/C22H19BrN4O2S/c1-3-29-15-8-9-17-18(10-15)30-22(24-17)27-21-20(12(2)26-27)16(11-19(28)25-21)13-4-6-14(23)7-5-13/h4-10,16H,3,11H2,1-2H3,(H,25,28). The molecule has 0 saturated carbocycles. The Morgan fingerprint density at radius 1 is 1.27 bits per heavy atom. The molecule has 3 heterocycles. The lowest BCUT2D eigenvalue weighted by atomic mass is 9.86. The van der Waals surface area contributed by atoms with Gasteiger partial charge in [0.05, 0.1) is 22.5 Å². The van der Waals surface area contributed by atoms with Gasteiger partial charge in [-0.05, 0) is 49.7 Å². The number of thiazole rings is 1. The van der Waals surface area contributed by atoms with Crippen molar-refractivity contribution < 1.29 is 9.53 Å². The number of anilines is 1. The van der Waals surface area contributed by atoms with Gasteiger partial charge in [-0.25, -0.2) is 4.98 Å². The lowest BCUT2D eigenvalue weighted by molar-refractivity contribution is -0.116. The normalized spacial score (nSPS) is 15.8. The fourth-order valence-electron chi connectivity index (χ4n) is 3.91. The minimum atomic E-state index is -0.0328. The zero-order valence-corrected chi connectivity index (χ0v) is 18.9. The van der Waals surface area contributed by atoms with E-state index in [-0.39, 0.29) is 11.8 Å².